The Hall–Kier alpha value is -2.62. The summed E-state index contributed by atoms with van der Waals surface area (Å²) in [7, 11) is 0. The van der Waals surface area contributed by atoms with Crippen molar-refractivity contribution in [3.8, 4) is 0 Å². The van der Waals surface area contributed by atoms with E-state index in [0.717, 1.165) is 67.6 Å². The first-order valence-corrected chi connectivity index (χ1v) is 10.6. The largest absolute Gasteiger partial charge is 0.341 e. The van der Waals surface area contributed by atoms with Crippen LogP contribution in [0.4, 0.5) is 5.69 Å². The van der Waals surface area contributed by atoms with E-state index < -0.39 is 0 Å². The van der Waals surface area contributed by atoms with Crippen LogP contribution in [0.3, 0.4) is 0 Å². The average Bonchev–Trinajstić information content (AvgIpc) is 3.45. The van der Waals surface area contributed by atoms with E-state index >= 15 is 0 Å². The number of aryl methyl sites for hydroxylation is 1. The molecule has 2 aromatic carbocycles. The summed E-state index contributed by atoms with van der Waals surface area (Å²) in [5.41, 5.74) is 5.99. The van der Waals surface area contributed by atoms with Gasteiger partial charge in [-0.1, -0.05) is 30.7 Å². The molecule has 0 saturated heterocycles. The van der Waals surface area contributed by atoms with Crippen molar-refractivity contribution >= 4 is 22.6 Å². The summed E-state index contributed by atoms with van der Waals surface area (Å²) >= 11 is 0. The Morgan fingerprint density at radius 3 is 2.71 bits per heavy atom. The molecule has 0 radical (unpaired) electrons. The third-order valence-corrected chi connectivity index (χ3v) is 6.99. The molecule has 0 unspecified atom stereocenters. The lowest BCUT2D eigenvalue weighted by Gasteiger charge is -2.41. The fourth-order valence-corrected chi connectivity index (χ4v) is 5.05. The summed E-state index contributed by atoms with van der Waals surface area (Å²) in [4.78, 5) is 23.3. The molecule has 2 heterocycles. The maximum Gasteiger partial charge on any atom is 0.230 e. The van der Waals surface area contributed by atoms with Crippen LogP contribution in [-0.4, -0.2) is 22.4 Å². The minimum absolute atomic E-state index is 0.00315. The van der Waals surface area contributed by atoms with Gasteiger partial charge >= 0.3 is 0 Å². The molecule has 142 valence electrons. The topological polar surface area (TPSA) is 49.0 Å². The van der Waals surface area contributed by atoms with Crippen LogP contribution < -0.4 is 4.90 Å². The molecule has 1 N–H and O–H groups in total. The standard InChI is InChI=1S/C24H25N3O/c28-22(16-8-9-16)27-14-3-5-17-15-18(10-11-21(17)27)24(12-4-13-24)23-25-19-6-1-2-7-20(19)26-23/h1-2,6-7,10-11,15-16H,3-5,8-9,12-14H2,(H,25,26). The first-order chi connectivity index (χ1) is 13.7. The lowest BCUT2D eigenvalue weighted by molar-refractivity contribution is -0.119. The van der Waals surface area contributed by atoms with E-state index in [-0.39, 0.29) is 11.3 Å². The number of anilines is 1. The fourth-order valence-electron chi connectivity index (χ4n) is 5.05. The van der Waals surface area contributed by atoms with Gasteiger partial charge in [0.05, 0.1) is 16.4 Å². The molecular weight excluding hydrogens is 346 g/mol. The van der Waals surface area contributed by atoms with E-state index in [2.05, 4.69) is 46.3 Å². The van der Waals surface area contributed by atoms with Crippen molar-refractivity contribution in [2.75, 3.05) is 11.4 Å². The summed E-state index contributed by atoms with van der Waals surface area (Å²) in [6, 6.07) is 15.1. The van der Waals surface area contributed by atoms with Crippen LogP contribution in [0.25, 0.3) is 11.0 Å². The summed E-state index contributed by atoms with van der Waals surface area (Å²) in [5, 5.41) is 0. The second-order valence-corrected chi connectivity index (χ2v) is 8.75. The predicted octanol–water partition coefficient (Wildman–Crippen LogP) is 4.72. The molecule has 3 aliphatic rings. The number of carbonyl (C=O) groups excluding carboxylic acids is 1. The zero-order valence-corrected chi connectivity index (χ0v) is 16.1. The molecule has 0 bridgehead atoms. The number of nitrogens with zero attached hydrogens (tertiary/aromatic N) is 2. The summed E-state index contributed by atoms with van der Waals surface area (Å²) < 4.78 is 0. The van der Waals surface area contributed by atoms with Crippen molar-refractivity contribution < 1.29 is 4.79 Å². The molecule has 28 heavy (non-hydrogen) atoms. The third kappa shape index (κ3) is 2.36. The van der Waals surface area contributed by atoms with Crippen molar-refractivity contribution in [2.24, 2.45) is 5.92 Å². The lowest BCUT2D eigenvalue weighted by Crippen LogP contribution is -2.38. The molecule has 1 aromatic heterocycles. The summed E-state index contributed by atoms with van der Waals surface area (Å²) in [6.45, 7) is 0.871. The number of rotatable bonds is 3. The van der Waals surface area contributed by atoms with Gasteiger partial charge in [0, 0.05) is 18.2 Å². The molecule has 0 atom stereocenters. The lowest BCUT2D eigenvalue weighted by atomic mass is 9.63. The number of imidazole rings is 1. The van der Waals surface area contributed by atoms with Crippen LogP contribution in [-0.2, 0) is 16.6 Å². The SMILES string of the molecule is O=C(C1CC1)N1CCCc2cc(C3(c4nc5ccccc5[nH]4)CCC3)ccc21. The van der Waals surface area contributed by atoms with Gasteiger partial charge < -0.3 is 9.88 Å². The highest BCUT2D eigenvalue weighted by molar-refractivity contribution is 5.97. The van der Waals surface area contributed by atoms with Crippen molar-refractivity contribution in [1.82, 2.24) is 9.97 Å². The van der Waals surface area contributed by atoms with E-state index in [1.165, 1.54) is 17.5 Å². The summed E-state index contributed by atoms with van der Waals surface area (Å²) in [5.74, 6) is 1.71. The molecule has 0 spiro atoms. The molecule has 4 heteroatoms. The second-order valence-electron chi connectivity index (χ2n) is 8.75. The smallest absolute Gasteiger partial charge is 0.230 e. The Morgan fingerprint density at radius 1 is 1.11 bits per heavy atom. The zero-order chi connectivity index (χ0) is 18.7. The number of aromatic amines is 1. The van der Waals surface area contributed by atoms with E-state index in [0.29, 0.717) is 5.91 Å². The van der Waals surface area contributed by atoms with Crippen LogP contribution in [0, 0.1) is 5.92 Å². The molecule has 2 saturated carbocycles. The van der Waals surface area contributed by atoms with E-state index in [9.17, 15) is 4.79 Å². The molecule has 1 amide bonds. The van der Waals surface area contributed by atoms with Gasteiger partial charge in [-0.05, 0) is 67.9 Å². The number of amides is 1. The molecule has 1 aliphatic heterocycles. The Bertz CT molecular complexity index is 1040. The van der Waals surface area contributed by atoms with Gasteiger partial charge in [-0.25, -0.2) is 4.98 Å². The van der Waals surface area contributed by atoms with Crippen LogP contribution >= 0.6 is 0 Å². The number of hydrogen-bond donors (Lipinski definition) is 1. The second kappa shape index (κ2) is 5.94. The predicted molar refractivity (Wildman–Crippen MR) is 111 cm³/mol. The molecule has 3 aromatic rings. The van der Waals surface area contributed by atoms with Crippen molar-refractivity contribution in [2.45, 2.75) is 50.4 Å². The highest BCUT2D eigenvalue weighted by atomic mass is 16.2. The van der Waals surface area contributed by atoms with Gasteiger partial charge in [0.1, 0.15) is 5.82 Å². The molecule has 6 rings (SSSR count). The van der Waals surface area contributed by atoms with Crippen molar-refractivity contribution in [1.29, 1.82) is 0 Å². The van der Waals surface area contributed by atoms with Gasteiger partial charge in [0.25, 0.3) is 0 Å². The Kier molecular flexibility index (Phi) is 3.47. The number of carbonyl (C=O) groups is 1. The van der Waals surface area contributed by atoms with E-state index in [1.807, 2.05) is 6.07 Å². The van der Waals surface area contributed by atoms with Crippen LogP contribution in [0.15, 0.2) is 42.5 Å². The van der Waals surface area contributed by atoms with Gasteiger partial charge in [0.2, 0.25) is 5.91 Å². The van der Waals surface area contributed by atoms with Crippen LogP contribution in [0.2, 0.25) is 0 Å². The number of aromatic nitrogens is 2. The highest BCUT2D eigenvalue weighted by Crippen LogP contribution is 2.49. The Morgan fingerprint density at radius 2 is 1.96 bits per heavy atom. The Labute approximate surface area is 165 Å². The maximum absolute atomic E-state index is 12.7. The van der Waals surface area contributed by atoms with E-state index in [1.54, 1.807) is 0 Å². The monoisotopic (exact) mass is 371 g/mol. The molecule has 2 fully saturated rings. The average molecular weight is 371 g/mol. The molecular formula is C24H25N3O. The number of para-hydroxylation sites is 2. The number of hydrogen-bond acceptors (Lipinski definition) is 2. The van der Waals surface area contributed by atoms with E-state index in [4.69, 9.17) is 4.98 Å². The Balaban J connectivity index is 1.41. The van der Waals surface area contributed by atoms with Gasteiger partial charge in [-0.3, -0.25) is 4.79 Å². The number of benzene rings is 2. The normalized spacial score (nSPS) is 20.6. The first-order valence-electron chi connectivity index (χ1n) is 10.6. The van der Waals surface area contributed by atoms with Crippen molar-refractivity contribution in [3.05, 3.63) is 59.4 Å². The fraction of sp³-hybridized carbons (Fsp3) is 0.417. The van der Waals surface area contributed by atoms with Crippen LogP contribution in [0.5, 0.6) is 0 Å². The zero-order valence-electron chi connectivity index (χ0n) is 16.1. The van der Waals surface area contributed by atoms with Gasteiger partial charge in [-0.2, -0.15) is 0 Å². The minimum atomic E-state index is -0.00315. The third-order valence-electron chi connectivity index (χ3n) is 6.99. The van der Waals surface area contributed by atoms with Gasteiger partial charge in [-0.15, -0.1) is 0 Å². The quantitative estimate of drug-likeness (QED) is 0.724. The summed E-state index contributed by atoms with van der Waals surface area (Å²) in [6.07, 6.45) is 7.77. The first kappa shape index (κ1) is 16.3. The molecule has 2 aliphatic carbocycles. The maximum atomic E-state index is 12.7. The van der Waals surface area contributed by atoms with Crippen molar-refractivity contribution in [3.63, 3.8) is 0 Å². The number of H-pyrrole nitrogens is 1. The van der Waals surface area contributed by atoms with Gasteiger partial charge in [0.15, 0.2) is 0 Å². The highest BCUT2D eigenvalue weighted by Gasteiger charge is 2.44. The number of nitrogens with one attached hydrogen (secondary N) is 1. The van der Waals surface area contributed by atoms with Crippen LogP contribution in [0.1, 0.15) is 55.5 Å². The minimum Gasteiger partial charge on any atom is -0.341 e. The molecule has 4 nitrogen and oxygen atoms in total. The number of fused-ring (bicyclic) bond motifs is 2.